The van der Waals surface area contributed by atoms with E-state index in [4.69, 9.17) is 0 Å². The second-order valence-corrected chi connectivity index (χ2v) is 5.15. The number of carboxylic acids is 1. The summed E-state index contributed by atoms with van der Waals surface area (Å²) in [6.45, 7) is 5.81. The van der Waals surface area contributed by atoms with Crippen molar-refractivity contribution < 1.29 is 9.90 Å². The maximum absolute atomic E-state index is 11.3. The highest BCUT2D eigenvalue weighted by Crippen LogP contribution is 2.35. The molecular formula is C13H18N2O2. The van der Waals surface area contributed by atoms with E-state index in [0.717, 1.165) is 24.1 Å². The first-order valence-electron chi connectivity index (χ1n) is 5.91. The smallest absolute Gasteiger partial charge is 0.339 e. The SMILES string of the molecule is Cc1cc(C)c(C(=O)O)c(NC2(C)CCC2)n1. The number of hydrogen-bond donors (Lipinski definition) is 2. The van der Waals surface area contributed by atoms with Crippen molar-refractivity contribution in [2.75, 3.05) is 5.32 Å². The summed E-state index contributed by atoms with van der Waals surface area (Å²) in [7, 11) is 0. The van der Waals surface area contributed by atoms with Gasteiger partial charge in [-0.2, -0.15) is 0 Å². The Kier molecular flexibility index (Phi) is 2.81. The lowest BCUT2D eigenvalue weighted by molar-refractivity contribution is 0.0696. The van der Waals surface area contributed by atoms with E-state index >= 15 is 0 Å². The molecule has 2 rings (SSSR count). The van der Waals surface area contributed by atoms with Gasteiger partial charge in [-0.3, -0.25) is 0 Å². The first kappa shape index (κ1) is 11.9. The number of nitrogens with one attached hydrogen (secondary N) is 1. The van der Waals surface area contributed by atoms with Gasteiger partial charge in [-0.15, -0.1) is 0 Å². The molecule has 0 spiro atoms. The van der Waals surface area contributed by atoms with Crippen molar-refractivity contribution in [1.29, 1.82) is 0 Å². The lowest BCUT2D eigenvalue weighted by Crippen LogP contribution is -2.42. The molecule has 1 aliphatic carbocycles. The van der Waals surface area contributed by atoms with Crippen LogP contribution in [0.15, 0.2) is 6.07 Å². The van der Waals surface area contributed by atoms with Gasteiger partial charge in [0.05, 0.1) is 0 Å². The van der Waals surface area contributed by atoms with Gasteiger partial charge in [0.25, 0.3) is 0 Å². The van der Waals surface area contributed by atoms with Crippen LogP contribution in [0, 0.1) is 13.8 Å². The maximum Gasteiger partial charge on any atom is 0.339 e. The van der Waals surface area contributed by atoms with E-state index in [2.05, 4.69) is 17.2 Å². The molecule has 17 heavy (non-hydrogen) atoms. The highest BCUT2D eigenvalue weighted by molar-refractivity contribution is 5.95. The molecule has 4 heteroatoms. The standard InChI is InChI=1S/C13H18N2O2/c1-8-7-9(2)14-11(10(8)12(16)17)15-13(3)5-4-6-13/h7H,4-6H2,1-3H3,(H,14,15)(H,16,17). The minimum atomic E-state index is -0.916. The van der Waals surface area contributed by atoms with Crippen molar-refractivity contribution in [3.05, 3.63) is 22.9 Å². The van der Waals surface area contributed by atoms with Gasteiger partial charge in [0.15, 0.2) is 0 Å². The van der Waals surface area contributed by atoms with E-state index in [0.29, 0.717) is 11.4 Å². The Bertz CT molecular complexity index is 465. The van der Waals surface area contributed by atoms with Gasteiger partial charge in [0, 0.05) is 11.2 Å². The van der Waals surface area contributed by atoms with Crippen LogP contribution in [0.4, 0.5) is 5.82 Å². The molecule has 92 valence electrons. The topological polar surface area (TPSA) is 62.2 Å². The number of pyridine rings is 1. The largest absolute Gasteiger partial charge is 0.478 e. The highest BCUT2D eigenvalue weighted by atomic mass is 16.4. The number of nitrogens with zero attached hydrogens (tertiary/aromatic N) is 1. The third-order valence-corrected chi connectivity index (χ3v) is 3.44. The second-order valence-electron chi connectivity index (χ2n) is 5.15. The molecule has 1 fully saturated rings. The first-order valence-corrected chi connectivity index (χ1v) is 5.91. The van der Waals surface area contributed by atoms with Crippen molar-refractivity contribution in [2.45, 2.75) is 45.6 Å². The molecule has 1 saturated carbocycles. The number of rotatable bonds is 3. The zero-order valence-electron chi connectivity index (χ0n) is 10.5. The summed E-state index contributed by atoms with van der Waals surface area (Å²) in [6.07, 6.45) is 3.33. The number of carboxylic acid groups (broad SMARTS) is 1. The molecule has 4 nitrogen and oxygen atoms in total. The van der Waals surface area contributed by atoms with Crippen molar-refractivity contribution in [3.63, 3.8) is 0 Å². The molecule has 0 aromatic carbocycles. The van der Waals surface area contributed by atoms with Crippen LogP contribution in [0.5, 0.6) is 0 Å². The van der Waals surface area contributed by atoms with E-state index in [1.54, 1.807) is 6.07 Å². The maximum atomic E-state index is 11.3. The third-order valence-electron chi connectivity index (χ3n) is 3.44. The van der Waals surface area contributed by atoms with E-state index in [1.165, 1.54) is 6.42 Å². The van der Waals surface area contributed by atoms with Gasteiger partial charge in [-0.1, -0.05) is 0 Å². The lowest BCUT2D eigenvalue weighted by Gasteiger charge is -2.40. The number of aromatic carboxylic acids is 1. The van der Waals surface area contributed by atoms with Crippen LogP contribution in [0.25, 0.3) is 0 Å². The predicted octanol–water partition coefficient (Wildman–Crippen LogP) is 2.75. The Morgan fingerprint density at radius 1 is 1.47 bits per heavy atom. The quantitative estimate of drug-likeness (QED) is 0.844. The molecule has 0 amide bonds. The highest BCUT2D eigenvalue weighted by Gasteiger charge is 2.33. The van der Waals surface area contributed by atoms with Gasteiger partial charge in [-0.05, 0) is 51.7 Å². The van der Waals surface area contributed by atoms with Crippen LogP contribution >= 0.6 is 0 Å². The molecule has 1 aliphatic rings. The zero-order chi connectivity index (χ0) is 12.6. The van der Waals surface area contributed by atoms with Crippen LogP contribution in [-0.2, 0) is 0 Å². The number of anilines is 1. The first-order chi connectivity index (χ1) is 7.91. The predicted molar refractivity (Wildman–Crippen MR) is 66.5 cm³/mol. The molecule has 0 atom stereocenters. The Balaban J connectivity index is 2.40. The van der Waals surface area contributed by atoms with Crippen molar-refractivity contribution >= 4 is 11.8 Å². The fourth-order valence-corrected chi connectivity index (χ4v) is 2.32. The van der Waals surface area contributed by atoms with Crippen LogP contribution < -0.4 is 5.32 Å². The van der Waals surface area contributed by atoms with Crippen LogP contribution in [0.2, 0.25) is 0 Å². The number of hydrogen-bond acceptors (Lipinski definition) is 3. The molecule has 0 unspecified atom stereocenters. The van der Waals surface area contributed by atoms with E-state index in [1.807, 2.05) is 13.8 Å². The summed E-state index contributed by atoms with van der Waals surface area (Å²) < 4.78 is 0. The lowest BCUT2D eigenvalue weighted by atomic mass is 9.78. The Hall–Kier alpha value is -1.58. The summed E-state index contributed by atoms with van der Waals surface area (Å²) >= 11 is 0. The molecule has 0 saturated heterocycles. The van der Waals surface area contributed by atoms with Crippen LogP contribution in [0.3, 0.4) is 0 Å². The molecular weight excluding hydrogens is 216 g/mol. The summed E-state index contributed by atoms with van der Waals surface area (Å²) in [4.78, 5) is 15.6. The van der Waals surface area contributed by atoms with Crippen molar-refractivity contribution in [3.8, 4) is 0 Å². The third kappa shape index (κ3) is 2.25. The minimum Gasteiger partial charge on any atom is -0.478 e. The second kappa shape index (κ2) is 4.02. The number of aromatic nitrogens is 1. The molecule has 1 aromatic heterocycles. The zero-order valence-corrected chi connectivity index (χ0v) is 10.5. The van der Waals surface area contributed by atoms with Gasteiger partial charge in [-0.25, -0.2) is 9.78 Å². The molecule has 0 radical (unpaired) electrons. The molecule has 1 heterocycles. The van der Waals surface area contributed by atoms with Crippen LogP contribution in [0.1, 0.15) is 47.8 Å². The van der Waals surface area contributed by atoms with Gasteiger partial charge in [0.2, 0.25) is 0 Å². The summed E-state index contributed by atoms with van der Waals surface area (Å²) in [5.41, 5.74) is 1.91. The monoisotopic (exact) mass is 234 g/mol. The number of carbonyl (C=O) groups is 1. The van der Waals surface area contributed by atoms with Crippen LogP contribution in [-0.4, -0.2) is 21.6 Å². The molecule has 0 aliphatic heterocycles. The summed E-state index contributed by atoms with van der Waals surface area (Å²) in [6, 6.07) is 1.80. The van der Waals surface area contributed by atoms with Gasteiger partial charge >= 0.3 is 5.97 Å². The molecule has 1 aromatic rings. The van der Waals surface area contributed by atoms with Crippen molar-refractivity contribution in [1.82, 2.24) is 4.98 Å². The van der Waals surface area contributed by atoms with E-state index < -0.39 is 5.97 Å². The average Bonchev–Trinajstić information content (AvgIpc) is 2.13. The fraction of sp³-hybridized carbons (Fsp3) is 0.538. The van der Waals surface area contributed by atoms with E-state index in [-0.39, 0.29) is 5.54 Å². The normalized spacial score (nSPS) is 17.4. The summed E-state index contributed by atoms with van der Waals surface area (Å²) in [5, 5.41) is 12.5. The Morgan fingerprint density at radius 3 is 2.59 bits per heavy atom. The Labute approximate surface area is 101 Å². The van der Waals surface area contributed by atoms with Gasteiger partial charge in [0.1, 0.15) is 11.4 Å². The van der Waals surface area contributed by atoms with Gasteiger partial charge < -0.3 is 10.4 Å². The van der Waals surface area contributed by atoms with E-state index in [9.17, 15) is 9.90 Å². The minimum absolute atomic E-state index is 0.0113. The Morgan fingerprint density at radius 2 is 2.12 bits per heavy atom. The summed E-state index contributed by atoms with van der Waals surface area (Å²) in [5.74, 6) is -0.405. The fourth-order valence-electron chi connectivity index (χ4n) is 2.32. The average molecular weight is 234 g/mol. The molecule has 2 N–H and O–H groups in total. The number of aryl methyl sites for hydroxylation is 2. The molecule has 0 bridgehead atoms. The van der Waals surface area contributed by atoms with Crippen molar-refractivity contribution in [2.24, 2.45) is 0 Å².